The second kappa shape index (κ2) is 17.8. The number of carbonyl (C=O) groups excluding carboxylic acids is 6. The van der Waals surface area contributed by atoms with Crippen molar-refractivity contribution in [2.75, 3.05) is 56.1 Å². The minimum atomic E-state index is -1.05. The third-order valence-electron chi connectivity index (χ3n) is 15.1. The largest absolute Gasteiger partial charge is 0.484 e. The molecule has 11 rings (SSSR count). The number of imide groups is 2. The summed E-state index contributed by atoms with van der Waals surface area (Å²) in [5.74, 6) is -1.43. The van der Waals surface area contributed by atoms with Gasteiger partial charge in [-0.15, -0.1) is 0 Å². The minimum Gasteiger partial charge on any atom is -0.484 e. The van der Waals surface area contributed by atoms with Crippen molar-refractivity contribution in [1.82, 2.24) is 44.9 Å². The van der Waals surface area contributed by atoms with E-state index in [4.69, 9.17) is 4.74 Å². The number of likely N-dealkylation sites (tertiary alicyclic amines) is 1. The number of benzene rings is 3. The van der Waals surface area contributed by atoms with Gasteiger partial charge in [-0.05, 0) is 98.4 Å². The highest BCUT2D eigenvalue weighted by Crippen LogP contribution is 2.51. The third-order valence-corrected chi connectivity index (χ3v) is 15.1. The van der Waals surface area contributed by atoms with E-state index >= 15 is 0 Å². The number of piperazine rings is 1. The first-order chi connectivity index (χ1) is 33.1. The molecule has 2 saturated carbocycles. The molecule has 6 amide bonds. The summed E-state index contributed by atoms with van der Waals surface area (Å²) in [7, 11) is 0. The second-order valence-electron chi connectivity index (χ2n) is 19.2. The fourth-order valence-electron chi connectivity index (χ4n) is 11.1. The average Bonchev–Trinajstić information content (AvgIpc) is 3.86. The van der Waals surface area contributed by atoms with Gasteiger partial charge in [-0.25, -0.2) is 15.0 Å². The molecule has 6 aliphatic rings. The molecule has 3 saturated heterocycles. The summed E-state index contributed by atoms with van der Waals surface area (Å²) in [6, 6.07) is 22.6. The second-order valence-corrected chi connectivity index (χ2v) is 19.2. The Morgan fingerprint density at radius 2 is 1.56 bits per heavy atom. The predicted molar refractivity (Wildman–Crippen MR) is 249 cm³/mol. The Morgan fingerprint density at radius 3 is 2.31 bits per heavy atom. The Kier molecular flexibility index (Phi) is 11.3. The van der Waals surface area contributed by atoms with Gasteiger partial charge in [0.05, 0.1) is 23.9 Å². The minimum absolute atomic E-state index is 0.0415. The average molecular weight is 920 g/mol. The summed E-state index contributed by atoms with van der Waals surface area (Å²) in [6.45, 7) is 5.08. The van der Waals surface area contributed by atoms with Crippen LogP contribution >= 0.6 is 0 Å². The van der Waals surface area contributed by atoms with Crippen LogP contribution in [0.25, 0.3) is 11.2 Å². The Bertz CT molecular complexity index is 2790. The number of hydrogen-bond acceptors (Lipinski definition) is 13. The number of imidazole rings is 1. The number of fused-ring (bicyclic) bond motifs is 2. The number of amides is 6. The van der Waals surface area contributed by atoms with Gasteiger partial charge in [-0.2, -0.15) is 0 Å². The quantitative estimate of drug-likeness (QED) is 0.152. The van der Waals surface area contributed by atoms with Crippen LogP contribution in [-0.4, -0.2) is 134 Å². The number of anilines is 3. The third kappa shape index (κ3) is 8.41. The highest BCUT2D eigenvalue weighted by Gasteiger charge is 2.49. The van der Waals surface area contributed by atoms with Crippen LogP contribution in [0.4, 0.5) is 17.2 Å². The monoisotopic (exact) mass is 919 g/mol. The molecule has 1 spiro atoms. The van der Waals surface area contributed by atoms with Crippen LogP contribution in [0.15, 0.2) is 85.5 Å². The molecule has 18 nitrogen and oxygen atoms in total. The van der Waals surface area contributed by atoms with Crippen molar-refractivity contribution < 1.29 is 33.5 Å². The molecule has 0 unspecified atom stereocenters. The lowest BCUT2D eigenvalue weighted by molar-refractivity contribution is -0.138. The number of nitrogens with zero attached hydrogens (tertiary/aromatic N) is 8. The number of nitrogens with one attached hydrogen (secondary N) is 3. The van der Waals surface area contributed by atoms with E-state index in [1.807, 2.05) is 41.6 Å². The summed E-state index contributed by atoms with van der Waals surface area (Å²) in [6.07, 6.45) is 9.77. The van der Waals surface area contributed by atoms with E-state index in [0.29, 0.717) is 42.6 Å². The molecule has 3 N–H and O–H groups in total. The van der Waals surface area contributed by atoms with Gasteiger partial charge in [0.1, 0.15) is 18.1 Å². The van der Waals surface area contributed by atoms with Gasteiger partial charge in [0.2, 0.25) is 17.7 Å². The molecule has 2 aliphatic carbocycles. The van der Waals surface area contributed by atoms with Gasteiger partial charge >= 0.3 is 0 Å². The number of aromatic nitrogens is 4. The zero-order valence-corrected chi connectivity index (χ0v) is 37.6. The molecule has 5 fully saturated rings. The van der Waals surface area contributed by atoms with Gasteiger partial charge < -0.3 is 29.7 Å². The molecule has 1 atom stereocenters. The van der Waals surface area contributed by atoms with E-state index in [1.165, 1.54) is 17.8 Å². The molecular weight excluding hydrogens is 867 g/mol. The maximum Gasteiger partial charge on any atom is 0.262 e. The zero-order chi connectivity index (χ0) is 46.5. The molecule has 68 heavy (non-hydrogen) atoms. The van der Waals surface area contributed by atoms with Crippen molar-refractivity contribution >= 4 is 63.8 Å². The van der Waals surface area contributed by atoms with Gasteiger partial charge in [-0.1, -0.05) is 30.3 Å². The predicted octanol–water partition coefficient (Wildman–Crippen LogP) is 4.01. The smallest absolute Gasteiger partial charge is 0.262 e. The van der Waals surface area contributed by atoms with Crippen LogP contribution < -0.4 is 25.6 Å². The number of piperidine rings is 2. The molecule has 18 heteroatoms. The number of ether oxygens (including phenoxy) is 1. The molecule has 3 aromatic carbocycles. The molecule has 350 valence electrons. The summed E-state index contributed by atoms with van der Waals surface area (Å²) < 4.78 is 7.92. The Balaban J connectivity index is 0.604. The first kappa shape index (κ1) is 43.4. The summed E-state index contributed by atoms with van der Waals surface area (Å²) in [5.41, 5.74) is 5.14. The normalized spacial score (nSPS) is 22.7. The maximum absolute atomic E-state index is 13.2. The molecular formula is C50H53N11O7. The Morgan fingerprint density at radius 1 is 0.809 bits per heavy atom. The molecule has 0 bridgehead atoms. The van der Waals surface area contributed by atoms with Crippen molar-refractivity contribution in [2.24, 2.45) is 5.41 Å². The fraction of sp³-hybridized carbons (Fsp3) is 0.420. The van der Waals surface area contributed by atoms with E-state index in [1.54, 1.807) is 12.4 Å². The van der Waals surface area contributed by atoms with E-state index in [-0.39, 0.29) is 59.9 Å². The molecule has 6 heterocycles. The standard InChI is InChI=1S/C50H53N11O7/c62-41-13-12-40(47(65)56-41)61-48(66)38-11-10-37(25-39(38)49(61)67)68-28-43(64)59-16-14-50(15-17-59)26-36(27-50)58-20-18-57(19-21-58)34-8-6-32(7-9-34)55-45-44-46(52-29-51-45)60(30-53-44)35-23-33(24-35)54-42(63)22-31-4-2-1-3-5-31/h1-11,25,29-30,33,35-36,40H,12-24,26-28H2,(H,54,63)(H,51,52,55)(H,56,62,65)/t33?,35?,40-/m0/s1. The van der Waals surface area contributed by atoms with Crippen molar-refractivity contribution in [1.29, 1.82) is 0 Å². The van der Waals surface area contributed by atoms with Gasteiger partial charge in [0.25, 0.3) is 17.7 Å². The van der Waals surface area contributed by atoms with Crippen molar-refractivity contribution in [3.63, 3.8) is 0 Å². The van der Waals surface area contributed by atoms with Crippen LogP contribution in [0, 0.1) is 5.41 Å². The molecule has 2 aromatic heterocycles. The lowest BCUT2D eigenvalue weighted by atomic mass is 9.60. The van der Waals surface area contributed by atoms with E-state index < -0.39 is 29.7 Å². The van der Waals surface area contributed by atoms with Gasteiger partial charge in [0.15, 0.2) is 23.6 Å². The first-order valence-electron chi connectivity index (χ1n) is 23.7. The SMILES string of the molecule is O=C1CC[C@H](N2C(=O)c3ccc(OCC(=O)N4CCC5(CC4)CC(N4CCN(c6ccc(Nc7ncnc8c7ncn8C7CC(NC(=O)Cc8ccccc8)C7)cc6)CC4)C5)cc3C2=O)C(=O)N1. The van der Waals surface area contributed by atoms with Crippen LogP contribution in [0.1, 0.15) is 83.7 Å². The van der Waals surface area contributed by atoms with Crippen molar-refractivity contribution in [3.05, 3.63) is 102 Å². The lowest BCUT2D eigenvalue weighted by Gasteiger charge is -2.56. The van der Waals surface area contributed by atoms with Crippen molar-refractivity contribution in [3.8, 4) is 5.75 Å². The number of carbonyl (C=O) groups is 6. The highest BCUT2D eigenvalue weighted by molar-refractivity contribution is 6.23. The Hall–Kier alpha value is -7.21. The van der Waals surface area contributed by atoms with Crippen LogP contribution in [0.2, 0.25) is 0 Å². The number of hydrogen-bond donors (Lipinski definition) is 3. The molecule has 0 radical (unpaired) electrons. The highest BCUT2D eigenvalue weighted by atomic mass is 16.5. The van der Waals surface area contributed by atoms with E-state index in [2.05, 4.69) is 69.5 Å². The Labute approximate surface area is 392 Å². The summed E-state index contributed by atoms with van der Waals surface area (Å²) in [4.78, 5) is 97.7. The summed E-state index contributed by atoms with van der Waals surface area (Å²) in [5, 5.41) is 8.82. The molecule has 5 aromatic rings. The van der Waals surface area contributed by atoms with Crippen molar-refractivity contribution in [2.45, 2.75) is 82.0 Å². The zero-order valence-electron chi connectivity index (χ0n) is 37.6. The first-order valence-corrected chi connectivity index (χ1v) is 23.7. The fourth-order valence-corrected chi connectivity index (χ4v) is 11.1. The number of rotatable bonds is 12. The van der Waals surface area contributed by atoms with Crippen LogP contribution in [-0.2, 0) is 25.6 Å². The summed E-state index contributed by atoms with van der Waals surface area (Å²) >= 11 is 0. The lowest BCUT2D eigenvalue weighted by Crippen LogP contribution is -2.59. The van der Waals surface area contributed by atoms with E-state index in [0.717, 1.165) is 86.5 Å². The molecule has 4 aliphatic heterocycles. The van der Waals surface area contributed by atoms with Gasteiger partial charge in [0, 0.05) is 75.2 Å². The maximum atomic E-state index is 13.2. The van der Waals surface area contributed by atoms with E-state index in [9.17, 15) is 28.8 Å². The van der Waals surface area contributed by atoms with Gasteiger partial charge in [-0.3, -0.25) is 43.9 Å². The van der Waals surface area contributed by atoms with Crippen LogP contribution in [0.5, 0.6) is 5.75 Å². The topological polar surface area (TPSA) is 204 Å². The van der Waals surface area contributed by atoms with Crippen LogP contribution in [0.3, 0.4) is 0 Å².